The fourth-order valence-corrected chi connectivity index (χ4v) is 3.35. The van der Waals surface area contributed by atoms with Crippen molar-refractivity contribution < 1.29 is 9.84 Å². The van der Waals surface area contributed by atoms with E-state index in [1.165, 1.54) is 24.2 Å². The predicted octanol–water partition coefficient (Wildman–Crippen LogP) is 2.98. The van der Waals surface area contributed by atoms with Crippen molar-refractivity contribution >= 4 is 11.0 Å². The van der Waals surface area contributed by atoms with E-state index in [2.05, 4.69) is 15.0 Å². The van der Waals surface area contributed by atoms with E-state index < -0.39 is 0 Å². The molecule has 4 rings (SSSR count). The summed E-state index contributed by atoms with van der Waals surface area (Å²) >= 11 is 0. The van der Waals surface area contributed by atoms with Gasteiger partial charge in [0.05, 0.1) is 18.2 Å². The number of hydrogen-bond donors (Lipinski definition) is 2. The zero-order valence-corrected chi connectivity index (χ0v) is 16.0. The molecule has 0 amide bonds. The zero-order valence-electron chi connectivity index (χ0n) is 16.0. The summed E-state index contributed by atoms with van der Waals surface area (Å²) < 4.78 is 6.64. The molecule has 0 atom stereocenters. The van der Waals surface area contributed by atoms with Gasteiger partial charge in [0.1, 0.15) is 23.8 Å². The number of aryl methyl sites for hydroxylation is 1. The summed E-state index contributed by atoms with van der Waals surface area (Å²) in [5, 5.41) is 19.5. The second kappa shape index (κ2) is 6.80. The smallest absolute Gasteiger partial charge is 0.267 e. The lowest BCUT2D eigenvalue weighted by molar-refractivity contribution is 0.411. The van der Waals surface area contributed by atoms with Crippen LogP contribution in [0.5, 0.6) is 11.5 Å². The van der Waals surface area contributed by atoms with Crippen molar-refractivity contribution in [2.45, 2.75) is 13.8 Å². The van der Waals surface area contributed by atoms with E-state index in [-0.39, 0.29) is 17.0 Å². The lowest BCUT2D eigenvalue weighted by Gasteiger charge is -2.13. The Balaban J connectivity index is 1.90. The van der Waals surface area contributed by atoms with Crippen molar-refractivity contribution in [1.82, 2.24) is 19.5 Å². The first kappa shape index (κ1) is 18.3. The molecule has 1 aromatic carbocycles. The molecule has 3 heterocycles. The number of hydrogen-bond acceptors (Lipinski definition) is 6. The molecule has 29 heavy (non-hydrogen) atoms. The van der Waals surface area contributed by atoms with E-state index in [1.807, 2.05) is 13.0 Å². The van der Waals surface area contributed by atoms with Crippen LogP contribution in [0.3, 0.4) is 0 Å². The summed E-state index contributed by atoms with van der Waals surface area (Å²) in [6.45, 7) is 3.63. The van der Waals surface area contributed by atoms with Gasteiger partial charge in [0.25, 0.3) is 5.56 Å². The number of H-pyrrole nitrogens is 1. The number of methoxy groups -OCH3 is 1. The topological polar surface area (TPSA) is 117 Å². The summed E-state index contributed by atoms with van der Waals surface area (Å²) in [5.74, 6) is 0.461. The van der Waals surface area contributed by atoms with E-state index in [1.54, 1.807) is 31.2 Å². The summed E-state index contributed by atoms with van der Waals surface area (Å²) in [6, 6.07) is 8.70. The maximum atomic E-state index is 13.2. The maximum Gasteiger partial charge on any atom is 0.267 e. The molecule has 0 fully saturated rings. The molecule has 0 aliphatic heterocycles. The van der Waals surface area contributed by atoms with Crippen LogP contribution in [0.4, 0.5) is 0 Å². The van der Waals surface area contributed by atoms with Gasteiger partial charge in [-0.3, -0.25) is 9.36 Å². The van der Waals surface area contributed by atoms with Gasteiger partial charge < -0.3 is 14.8 Å². The highest BCUT2D eigenvalue weighted by Gasteiger charge is 2.16. The number of fused-ring (bicyclic) bond motifs is 1. The molecule has 0 saturated carbocycles. The number of aromatic amines is 1. The van der Waals surface area contributed by atoms with Crippen molar-refractivity contribution in [3.63, 3.8) is 0 Å². The number of benzene rings is 1. The third-order valence-corrected chi connectivity index (χ3v) is 4.88. The van der Waals surface area contributed by atoms with Gasteiger partial charge in [-0.15, -0.1) is 0 Å². The van der Waals surface area contributed by atoms with E-state index in [0.717, 1.165) is 5.56 Å². The first-order valence-electron chi connectivity index (χ1n) is 8.79. The second-order valence-corrected chi connectivity index (χ2v) is 6.63. The molecule has 4 aromatic rings. The van der Waals surface area contributed by atoms with Crippen molar-refractivity contribution in [1.29, 1.82) is 5.26 Å². The van der Waals surface area contributed by atoms with Crippen LogP contribution in [0.15, 0.2) is 41.6 Å². The Bertz CT molecular complexity index is 1360. The second-order valence-electron chi connectivity index (χ2n) is 6.63. The molecule has 0 aliphatic carbocycles. The van der Waals surface area contributed by atoms with E-state index in [4.69, 9.17) is 10.00 Å². The van der Waals surface area contributed by atoms with Crippen LogP contribution in [-0.2, 0) is 0 Å². The molecular weight excluding hydrogens is 370 g/mol. The van der Waals surface area contributed by atoms with E-state index >= 15 is 0 Å². The molecule has 144 valence electrons. The van der Waals surface area contributed by atoms with E-state index in [9.17, 15) is 9.90 Å². The Hall–Kier alpha value is -4.12. The molecular formula is C21H17N5O3. The van der Waals surface area contributed by atoms with Crippen LogP contribution in [0.2, 0.25) is 0 Å². The van der Waals surface area contributed by atoms with Gasteiger partial charge in [-0.1, -0.05) is 6.07 Å². The van der Waals surface area contributed by atoms with Gasteiger partial charge in [-0.05, 0) is 37.6 Å². The first-order chi connectivity index (χ1) is 13.9. The number of nitriles is 1. The standard InChI is InChI=1S/C21H17N5O3/c1-11-4-5-17(27)12(2)19(11)26-10-24-20-14(21(26)28)7-15(25-20)13-6-18(29-3)16(8-22)23-9-13/h4-7,9-10,25,27H,1-3H3. The highest BCUT2D eigenvalue weighted by Crippen LogP contribution is 2.28. The molecule has 3 aromatic heterocycles. The Morgan fingerprint density at radius 2 is 2.03 bits per heavy atom. The predicted molar refractivity (Wildman–Crippen MR) is 107 cm³/mol. The first-order valence-corrected chi connectivity index (χ1v) is 8.79. The highest BCUT2D eigenvalue weighted by atomic mass is 16.5. The fourth-order valence-electron chi connectivity index (χ4n) is 3.35. The van der Waals surface area contributed by atoms with Crippen LogP contribution >= 0.6 is 0 Å². The van der Waals surface area contributed by atoms with Crippen molar-refractivity contribution in [2.24, 2.45) is 0 Å². The van der Waals surface area contributed by atoms with Crippen LogP contribution in [0.25, 0.3) is 28.0 Å². The Morgan fingerprint density at radius 1 is 1.24 bits per heavy atom. The molecule has 0 spiro atoms. The molecule has 0 unspecified atom stereocenters. The molecule has 0 bridgehead atoms. The molecule has 8 heteroatoms. The normalized spacial score (nSPS) is 10.8. The maximum absolute atomic E-state index is 13.2. The van der Waals surface area contributed by atoms with Crippen LogP contribution < -0.4 is 10.3 Å². The SMILES string of the molecule is COc1cc(-c2cc3c(=O)n(-c4c(C)ccc(O)c4C)cnc3[nH]2)cnc1C#N. The summed E-state index contributed by atoms with van der Waals surface area (Å²) in [6.07, 6.45) is 2.98. The fraction of sp³-hybridized carbons (Fsp3) is 0.143. The largest absolute Gasteiger partial charge is 0.508 e. The van der Waals surface area contributed by atoms with Gasteiger partial charge >= 0.3 is 0 Å². The van der Waals surface area contributed by atoms with Crippen molar-refractivity contribution in [3.8, 4) is 34.5 Å². The number of aromatic hydroxyl groups is 1. The molecule has 2 N–H and O–H groups in total. The molecule has 0 radical (unpaired) electrons. The van der Waals surface area contributed by atoms with Gasteiger partial charge in [0.2, 0.25) is 0 Å². The minimum atomic E-state index is -0.261. The Morgan fingerprint density at radius 3 is 2.76 bits per heavy atom. The average molecular weight is 387 g/mol. The monoisotopic (exact) mass is 387 g/mol. The minimum Gasteiger partial charge on any atom is -0.508 e. The Labute approximate surface area is 165 Å². The lowest BCUT2D eigenvalue weighted by Crippen LogP contribution is -2.20. The number of rotatable bonds is 3. The average Bonchev–Trinajstić information content (AvgIpc) is 3.17. The molecule has 0 saturated heterocycles. The van der Waals surface area contributed by atoms with Crippen LogP contribution in [0.1, 0.15) is 16.8 Å². The number of pyridine rings is 1. The number of nitrogens with one attached hydrogen (secondary N) is 1. The van der Waals surface area contributed by atoms with Crippen molar-refractivity contribution in [3.05, 3.63) is 64.0 Å². The third kappa shape index (κ3) is 2.89. The van der Waals surface area contributed by atoms with Gasteiger partial charge in [-0.25, -0.2) is 9.97 Å². The summed E-state index contributed by atoms with van der Waals surface area (Å²) in [4.78, 5) is 24.7. The van der Waals surface area contributed by atoms with Crippen LogP contribution in [-0.4, -0.2) is 31.7 Å². The highest BCUT2D eigenvalue weighted by molar-refractivity contribution is 5.82. The summed E-state index contributed by atoms with van der Waals surface area (Å²) in [5.41, 5.74) is 3.70. The van der Waals surface area contributed by atoms with Gasteiger partial charge in [0.15, 0.2) is 11.4 Å². The number of aromatic nitrogens is 4. The Kier molecular flexibility index (Phi) is 4.28. The quantitative estimate of drug-likeness (QED) is 0.558. The zero-order chi connectivity index (χ0) is 20.7. The van der Waals surface area contributed by atoms with E-state index in [0.29, 0.717) is 39.3 Å². The molecule has 0 aliphatic rings. The number of phenols is 1. The number of phenolic OH excluding ortho intramolecular Hbond substituents is 1. The van der Waals surface area contributed by atoms with Gasteiger partial charge in [0, 0.05) is 23.0 Å². The minimum absolute atomic E-state index is 0.114. The number of nitrogens with zero attached hydrogens (tertiary/aromatic N) is 4. The van der Waals surface area contributed by atoms with Gasteiger partial charge in [-0.2, -0.15) is 5.26 Å². The van der Waals surface area contributed by atoms with Crippen LogP contribution in [0, 0.1) is 25.2 Å². The molecule has 8 nitrogen and oxygen atoms in total. The summed E-state index contributed by atoms with van der Waals surface area (Å²) in [7, 11) is 1.47. The van der Waals surface area contributed by atoms with Crippen molar-refractivity contribution in [2.75, 3.05) is 7.11 Å². The number of ether oxygens (including phenoxy) is 1. The third-order valence-electron chi connectivity index (χ3n) is 4.88. The lowest BCUT2D eigenvalue weighted by atomic mass is 10.1.